The molecule has 1 amide bonds. The number of nitrogens with zero attached hydrogens (tertiary/aromatic N) is 1. The Balaban J connectivity index is 2.04. The summed E-state index contributed by atoms with van der Waals surface area (Å²) in [5.41, 5.74) is 1.71. The van der Waals surface area contributed by atoms with Crippen molar-refractivity contribution in [3.63, 3.8) is 0 Å². The topological polar surface area (TPSA) is 37.4 Å². The van der Waals surface area contributed by atoms with E-state index in [2.05, 4.69) is 15.9 Å². The Hall–Kier alpha value is -1.36. The summed E-state index contributed by atoms with van der Waals surface area (Å²) < 4.78 is 0.698. The second-order valence-electron chi connectivity index (χ2n) is 4.59. The minimum atomic E-state index is -0.553. The van der Waals surface area contributed by atoms with Crippen LogP contribution in [0.2, 0.25) is 10.0 Å². The third-order valence-electron chi connectivity index (χ3n) is 3.28. The van der Waals surface area contributed by atoms with Gasteiger partial charge < -0.3 is 0 Å². The van der Waals surface area contributed by atoms with Gasteiger partial charge >= 0.3 is 0 Å². The Kier molecular flexibility index (Phi) is 3.78. The SMILES string of the molecule is O=C1C(=O)N(Cc2ccc(Cl)cc2Cl)c2c(Br)cccc21. The smallest absolute Gasteiger partial charge is 0.299 e. The van der Waals surface area contributed by atoms with E-state index in [1.807, 2.05) is 0 Å². The molecule has 0 bridgehead atoms. The van der Waals surface area contributed by atoms with Gasteiger partial charge in [0.15, 0.2) is 0 Å². The van der Waals surface area contributed by atoms with Gasteiger partial charge in [-0.15, -0.1) is 0 Å². The number of ketones is 1. The Bertz CT molecular complexity index is 776. The third-order valence-corrected chi connectivity index (χ3v) is 4.51. The minimum absolute atomic E-state index is 0.218. The molecular formula is C15H8BrCl2NO2. The summed E-state index contributed by atoms with van der Waals surface area (Å²) in [6.45, 7) is 0.218. The molecule has 106 valence electrons. The van der Waals surface area contributed by atoms with Crippen molar-refractivity contribution in [3.05, 3.63) is 62.0 Å². The Morgan fingerprint density at radius 2 is 1.86 bits per heavy atom. The first-order valence-corrected chi connectivity index (χ1v) is 7.62. The van der Waals surface area contributed by atoms with Crippen molar-refractivity contribution in [2.24, 2.45) is 0 Å². The first kappa shape index (κ1) is 14.6. The van der Waals surface area contributed by atoms with Crippen LogP contribution in [0.5, 0.6) is 0 Å². The van der Waals surface area contributed by atoms with Gasteiger partial charge in [-0.1, -0.05) is 35.3 Å². The molecule has 0 saturated heterocycles. The number of carbonyl (C=O) groups is 2. The summed E-state index contributed by atoms with van der Waals surface area (Å²) in [5, 5.41) is 0.984. The number of halogens is 3. The first-order chi connectivity index (χ1) is 9.99. The van der Waals surface area contributed by atoms with Crippen LogP contribution < -0.4 is 4.90 Å². The van der Waals surface area contributed by atoms with E-state index in [9.17, 15) is 9.59 Å². The normalized spacial score (nSPS) is 13.8. The van der Waals surface area contributed by atoms with Crippen molar-refractivity contribution >= 4 is 56.5 Å². The number of para-hydroxylation sites is 1. The van der Waals surface area contributed by atoms with E-state index in [1.54, 1.807) is 36.4 Å². The van der Waals surface area contributed by atoms with E-state index in [1.165, 1.54) is 4.90 Å². The number of fused-ring (bicyclic) bond motifs is 1. The summed E-state index contributed by atoms with van der Waals surface area (Å²) >= 11 is 15.4. The summed E-state index contributed by atoms with van der Waals surface area (Å²) in [5.74, 6) is -1.06. The highest BCUT2D eigenvalue weighted by Gasteiger charge is 2.37. The molecule has 1 aliphatic rings. The van der Waals surface area contributed by atoms with Gasteiger partial charge in [-0.25, -0.2) is 0 Å². The first-order valence-electron chi connectivity index (χ1n) is 6.07. The molecule has 0 saturated carbocycles. The van der Waals surface area contributed by atoms with Crippen LogP contribution in [-0.2, 0) is 11.3 Å². The summed E-state index contributed by atoms with van der Waals surface area (Å²) in [6, 6.07) is 10.2. The summed E-state index contributed by atoms with van der Waals surface area (Å²) in [4.78, 5) is 25.6. The van der Waals surface area contributed by atoms with E-state index in [0.717, 1.165) is 5.56 Å². The summed E-state index contributed by atoms with van der Waals surface area (Å²) in [6.07, 6.45) is 0. The fourth-order valence-electron chi connectivity index (χ4n) is 2.28. The molecule has 21 heavy (non-hydrogen) atoms. The number of benzene rings is 2. The molecule has 2 aromatic rings. The van der Waals surface area contributed by atoms with Crippen LogP contribution in [0.15, 0.2) is 40.9 Å². The number of carbonyl (C=O) groups excluding carboxylic acids is 2. The molecule has 1 aliphatic heterocycles. The lowest BCUT2D eigenvalue weighted by Gasteiger charge is -2.18. The number of rotatable bonds is 2. The molecule has 3 nitrogen and oxygen atoms in total. The highest BCUT2D eigenvalue weighted by molar-refractivity contribution is 9.10. The van der Waals surface area contributed by atoms with Crippen LogP contribution in [-0.4, -0.2) is 11.7 Å². The number of hydrogen-bond acceptors (Lipinski definition) is 2. The lowest BCUT2D eigenvalue weighted by Crippen LogP contribution is -2.29. The molecular weight excluding hydrogens is 377 g/mol. The van der Waals surface area contributed by atoms with Crippen LogP contribution in [0.3, 0.4) is 0 Å². The molecule has 0 fully saturated rings. The number of anilines is 1. The standard InChI is InChI=1S/C15H8BrCl2NO2/c16-11-3-1-2-10-13(11)19(15(21)14(10)20)7-8-4-5-9(17)6-12(8)18/h1-6H,7H2. The van der Waals surface area contributed by atoms with Gasteiger partial charge in [0, 0.05) is 14.5 Å². The van der Waals surface area contributed by atoms with Crippen LogP contribution in [0.25, 0.3) is 0 Å². The largest absolute Gasteiger partial charge is 0.299 e. The van der Waals surface area contributed by atoms with Crippen molar-refractivity contribution in [1.82, 2.24) is 0 Å². The molecule has 0 aliphatic carbocycles. The van der Waals surface area contributed by atoms with Crippen molar-refractivity contribution < 1.29 is 9.59 Å². The molecule has 0 N–H and O–H groups in total. The maximum absolute atomic E-state index is 12.2. The zero-order valence-electron chi connectivity index (χ0n) is 10.6. The molecule has 0 unspecified atom stereocenters. The zero-order valence-corrected chi connectivity index (χ0v) is 13.7. The Morgan fingerprint density at radius 1 is 1.10 bits per heavy atom. The van der Waals surface area contributed by atoms with Crippen LogP contribution >= 0.6 is 39.1 Å². The quantitative estimate of drug-likeness (QED) is 0.715. The highest BCUT2D eigenvalue weighted by Crippen LogP contribution is 2.37. The second-order valence-corrected chi connectivity index (χ2v) is 6.29. The molecule has 0 atom stereocenters. The van der Waals surface area contributed by atoms with Crippen LogP contribution in [0, 0.1) is 0 Å². The summed E-state index contributed by atoms with van der Waals surface area (Å²) in [7, 11) is 0. The van der Waals surface area contributed by atoms with E-state index in [0.29, 0.717) is 25.8 Å². The average Bonchev–Trinajstić information content (AvgIpc) is 2.68. The van der Waals surface area contributed by atoms with Gasteiger partial charge in [-0.05, 0) is 45.8 Å². The monoisotopic (exact) mass is 383 g/mol. The van der Waals surface area contributed by atoms with E-state index in [-0.39, 0.29) is 6.54 Å². The van der Waals surface area contributed by atoms with Gasteiger partial charge in [0.1, 0.15) is 0 Å². The van der Waals surface area contributed by atoms with Crippen molar-refractivity contribution in [2.45, 2.75) is 6.54 Å². The average molecular weight is 385 g/mol. The molecule has 3 rings (SSSR count). The van der Waals surface area contributed by atoms with Crippen molar-refractivity contribution in [2.75, 3.05) is 4.90 Å². The van der Waals surface area contributed by atoms with Gasteiger partial charge in [0.25, 0.3) is 11.7 Å². The predicted molar refractivity (Wildman–Crippen MR) is 86.1 cm³/mol. The van der Waals surface area contributed by atoms with E-state index >= 15 is 0 Å². The number of Topliss-reactive ketones (excluding diaryl/α,β-unsaturated/α-hetero) is 1. The predicted octanol–water partition coefficient (Wildman–Crippen LogP) is 4.49. The zero-order chi connectivity index (χ0) is 15.1. The molecule has 0 aromatic heterocycles. The molecule has 0 spiro atoms. The molecule has 0 radical (unpaired) electrons. The molecule has 6 heteroatoms. The fourth-order valence-corrected chi connectivity index (χ4v) is 3.33. The van der Waals surface area contributed by atoms with Gasteiger partial charge in [0.05, 0.1) is 17.8 Å². The second kappa shape index (κ2) is 5.44. The lowest BCUT2D eigenvalue weighted by atomic mass is 10.1. The maximum atomic E-state index is 12.2. The van der Waals surface area contributed by atoms with E-state index < -0.39 is 11.7 Å². The van der Waals surface area contributed by atoms with Crippen LogP contribution in [0.1, 0.15) is 15.9 Å². The van der Waals surface area contributed by atoms with Gasteiger partial charge in [-0.3, -0.25) is 14.5 Å². The third kappa shape index (κ3) is 2.48. The van der Waals surface area contributed by atoms with E-state index in [4.69, 9.17) is 23.2 Å². The Morgan fingerprint density at radius 3 is 2.57 bits per heavy atom. The van der Waals surface area contributed by atoms with Gasteiger partial charge in [0.2, 0.25) is 0 Å². The minimum Gasteiger partial charge on any atom is -0.299 e. The van der Waals surface area contributed by atoms with Crippen LogP contribution in [0.4, 0.5) is 5.69 Å². The molecule has 1 heterocycles. The van der Waals surface area contributed by atoms with Crippen molar-refractivity contribution in [3.8, 4) is 0 Å². The number of amides is 1. The Labute approximate surface area is 139 Å². The molecule has 2 aromatic carbocycles. The highest BCUT2D eigenvalue weighted by atomic mass is 79.9. The maximum Gasteiger partial charge on any atom is 0.299 e. The number of hydrogen-bond donors (Lipinski definition) is 0. The van der Waals surface area contributed by atoms with Crippen molar-refractivity contribution in [1.29, 1.82) is 0 Å². The lowest BCUT2D eigenvalue weighted by molar-refractivity contribution is -0.114. The fraction of sp³-hybridized carbons (Fsp3) is 0.0667. The van der Waals surface area contributed by atoms with Gasteiger partial charge in [-0.2, -0.15) is 0 Å².